The molecule has 1 fully saturated rings. The van der Waals surface area contributed by atoms with Crippen LogP contribution >= 0.6 is 7.60 Å². The molecule has 0 radical (unpaired) electrons. The number of likely N-dealkylation sites (tertiary alicyclic amines) is 1. The van der Waals surface area contributed by atoms with E-state index in [1.165, 1.54) is 5.56 Å². The molecule has 0 aliphatic carbocycles. The Morgan fingerprint density at radius 3 is 2.36 bits per heavy atom. The molecule has 5 heteroatoms. The number of hydrogen-bond donors (Lipinski definition) is 0. The van der Waals surface area contributed by atoms with Gasteiger partial charge < -0.3 is 9.05 Å². The van der Waals surface area contributed by atoms with Crippen LogP contribution < -0.4 is 0 Å². The Kier molecular flexibility index (Phi) is 5.84. The lowest BCUT2D eigenvalue weighted by Crippen LogP contribution is -2.43. The molecule has 2 atom stereocenters. The van der Waals surface area contributed by atoms with E-state index < -0.39 is 12.9 Å². The van der Waals surface area contributed by atoms with Crippen molar-refractivity contribution in [1.29, 1.82) is 0 Å². The third kappa shape index (κ3) is 3.16. The molecule has 0 spiro atoms. The van der Waals surface area contributed by atoms with Crippen molar-refractivity contribution in [1.82, 2.24) is 4.90 Å². The molecule has 0 N–H and O–H groups in total. The van der Waals surface area contributed by atoms with E-state index in [9.17, 15) is 4.57 Å². The molecule has 1 saturated heterocycles. The van der Waals surface area contributed by atoms with Crippen LogP contribution in [0.5, 0.6) is 0 Å². The SMILES string of the molecule is CCOP(=O)(OCC)C1(C)CCCN1[C@H](C)c1ccccc1. The van der Waals surface area contributed by atoms with Gasteiger partial charge in [0.15, 0.2) is 0 Å². The van der Waals surface area contributed by atoms with Gasteiger partial charge in [0.1, 0.15) is 5.28 Å². The van der Waals surface area contributed by atoms with Crippen LogP contribution in [0.3, 0.4) is 0 Å². The van der Waals surface area contributed by atoms with Crippen molar-refractivity contribution in [2.75, 3.05) is 19.8 Å². The molecule has 1 aliphatic heterocycles. The van der Waals surface area contributed by atoms with E-state index in [1.807, 2.05) is 39.0 Å². The summed E-state index contributed by atoms with van der Waals surface area (Å²) in [6, 6.07) is 10.5. The molecule has 1 heterocycles. The van der Waals surface area contributed by atoms with Gasteiger partial charge in [-0.05, 0) is 52.6 Å². The van der Waals surface area contributed by atoms with E-state index in [0.717, 1.165) is 19.4 Å². The summed E-state index contributed by atoms with van der Waals surface area (Å²) in [4.78, 5) is 2.30. The lowest BCUT2D eigenvalue weighted by molar-refractivity contribution is 0.113. The molecule has 124 valence electrons. The lowest BCUT2D eigenvalue weighted by atomic mass is 10.1. The monoisotopic (exact) mass is 325 g/mol. The first-order valence-electron chi connectivity index (χ1n) is 8.19. The van der Waals surface area contributed by atoms with Gasteiger partial charge in [0.25, 0.3) is 0 Å². The highest BCUT2D eigenvalue weighted by Gasteiger charge is 2.54. The van der Waals surface area contributed by atoms with Crippen LogP contribution in [0.25, 0.3) is 0 Å². The van der Waals surface area contributed by atoms with Crippen molar-refractivity contribution < 1.29 is 13.6 Å². The highest BCUT2D eigenvalue weighted by Crippen LogP contribution is 2.66. The van der Waals surface area contributed by atoms with Crippen LogP contribution in [0.1, 0.15) is 52.1 Å². The molecule has 2 rings (SSSR count). The predicted molar refractivity (Wildman–Crippen MR) is 90.1 cm³/mol. The largest absolute Gasteiger partial charge is 0.350 e. The van der Waals surface area contributed by atoms with E-state index in [0.29, 0.717) is 13.2 Å². The van der Waals surface area contributed by atoms with Crippen molar-refractivity contribution in [3.63, 3.8) is 0 Å². The van der Waals surface area contributed by atoms with Crippen LogP contribution in [0.2, 0.25) is 0 Å². The van der Waals surface area contributed by atoms with Crippen LogP contribution in [0, 0.1) is 0 Å². The Morgan fingerprint density at radius 1 is 1.23 bits per heavy atom. The van der Waals surface area contributed by atoms with E-state index in [-0.39, 0.29) is 6.04 Å². The molecule has 22 heavy (non-hydrogen) atoms. The van der Waals surface area contributed by atoms with Gasteiger partial charge in [-0.25, -0.2) is 0 Å². The van der Waals surface area contributed by atoms with Gasteiger partial charge in [0, 0.05) is 6.04 Å². The third-order valence-corrected chi connectivity index (χ3v) is 7.46. The van der Waals surface area contributed by atoms with Gasteiger partial charge in [-0.15, -0.1) is 0 Å². The second kappa shape index (κ2) is 7.27. The molecule has 0 bridgehead atoms. The summed E-state index contributed by atoms with van der Waals surface area (Å²) in [5.41, 5.74) is 1.23. The zero-order valence-electron chi connectivity index (χ0n) is 14.1. The van der Waals surface area contributed by atoms with Crippen LogP contribution in [-0.4, -0.2) is 29.9 Å². The second-order valence-electron chi connectivity index (χ2n) is 5.93. The van der Waals surface area contributed by atoms with Gasteiger partial charge in [-0.1, -0.05) is 30.3 Å². The van der Waals surface area contributed by atoms with E-state index >= 15 is 0 Å². The molecule has 1 unspecified atom stereocenters. The van der Waals surface area contributed by atoms with Crippen molar-refractivity contribution in [2.45, 2.75) is 51.9 Å². The smallest absolute Gasteiger partial charge is 0.308 e. The molecular formula is C17H28NO3P. The van der Waals surface area contributed by atoms with E-state index in [2.05, 4.69) is 24.0 Å². The highest BCUT2D eigenvalue weighted by atomic mass is 31.2. The molecule has 4 nitrogen and oxygen atoms in total. The molecule has 0 saturated carbocycles. The van der Waals surface area contributed by atoms with Crippen molar-refractivity contribution in [2.24, 2.45) is 0 Å². The number of benzene rings is 1. The van der Waals surface area contributed by atoms with Gasteiger partial charge in [0.2, 0.25) is 0 Å². The number of rotatable bonds is 7. The highest BCUT2D eigenvalue weighted by molar-refractivity contribution is 7.55. The Morgan fingerprint density at radius 2 is 1.82 bits per heavy atom. The lowest BCUT2D eigenvalue weighted by Gasteiger charge is -2.42. The third-order valence-electron chi connectivity index (χ3n) is 4.61. The molecule has 1 aliphatic rings. The van der Waals surface area contributed by atoms with Gasteiger partial charge in [-0.3, -0.25) is 9.46 Å². The first-order chi connectivity index (χ1) is 10.5. The minimum absolute atomic E-state index is 0.183. The molecule has 0 amide bonds. The fourth-order valence-corrected chi connectivity index (χ4v) is 5.77. The molecule has 0 aromatic heterocycles. The maximum Gasteiger partial charge on any atom is 0.350 e. The first-order valence-corrected chi connectivity index (χ1v) is 9.73. The van der Waals surface area contributed by atoms with E-state index in [4.69, 9.17) is 9.05 Å². The summed E-state index contributed by atoms with van der Waals surface area (Å²) in [7, 11) is -3.18. The Balaban J connectivity index is 2.33. The maximum absolute atomic E-state index is 13.4. The molecular weight excluding hydrogens is 297 g/mol. The minimum Gasteiger partial charge on any atom is -0.308 e. The average Bonchev–Trinajstić information content (AvgIpc) is 2.91. The fourth-order valence-electron chi connectivity index (χ4n) is 3.44. The summed E-state index contributed by atoms with van der Waals surface area (Å²) >= 11 is 0. The minimum atomic E-state index is -3.18. The van der Waals surface area contributed by atoms with Gasteiger partial charge >= 0.3 is 7.60 Å². The molecule has 1 aromatic rings. The Labute approximate surface area is 134 Å². The summed E-state index contributed by atoms with van der Waals surface area (Å²) in [5, 5.41) is -0.561. The van der Waals surface area contributed by atoms with Crippen LogP contribution in [-0.2, 0) is 13.6 Å². The van der Waals surface area contributed by atoms with Gasteiger partial charge in [0.05, 0.1) is 13.2 Å². The standard InChI is InChI=1S/C17H28NO3P/c1-5-20-22(19,21-6-2)17(4)13-10-14-18(17)15(3)16-11-8-7-9-12-16/h7-9,11-12,15H,5-6,10,13-14H2,1-4H3/t15-,17?/m1/s1. The van der Waals surface area contributed by atoms with Crippen LogP contribution in [0.4, 0.5) is 0 Å². The predicted octanol–water partition coefficient (Wildman–Crippen LogP) is 4.83. The van der Waals surface area contributed by atoms with Crippen LogP contribution in [0.15, 0.2) is 30.3 Å². The average molecular weight is 325 g/mol. The Hall–Kier alpha value is -0.670. The normalized spacial score (nSPS) is 24.5. The van der Waals surface area contributed by atoms with Crippen molar-refractivity contribution >= 4 is 7.60 Å². The quantitative estimate of drug-likeness (QED) is 0.673. The summed E-state index contributed by atoms with van der Waals surface area (Å²) in [6.07, 6.45) is 1.85. The van der Waals surface area contributed by atoms with E-state index in [1.54, 1.807) is 0 Å². The zero-order chi connectivity index (χ0) is 16.2. The number of hydrogen-bond acceptors (Lipinski definition) is 4. The summed E-state index contributed by atoms with van der Waals surface area (Å²) in [5.74, 6) is 0. The fraction of sp³-hybridized carbons (Fsp3) is 0.647. The number of nitrogens with zero attached hydrogens (tertiary/aromatic N) is 1. The van der Waals surface area contributed by atoms with Crippen molar-refractivity contribution in [3.8, 4) is 0 Å². The van der Waals surface area contributed by atoms with Gasteiger partial charge in [-0.2, -0.15) is 0 Å². The summed E-state index contributed by atoms with van der Waals surface area (Å²) in [6.45, 7) is 9.66. The first kappa shape index (κ1) is 17.7. The maximum atomic E-state index is 13.4. The summed E-state index contributed by atoms with van der Waals surface area (Å²) < 4.78 is 24.7. The zero-order valence-corrected chi connectivity index (χ0v) is 15.0. The Bertz CT molecular complexity index is 512. The molecule has 1 aromatic carbocycles. The second-order valence-corrected chi connectivity index (χ2v) is 8.41. The topological polar surface area (TPSA) is 38.8 Å². The van der Waals surface area contributed by atoms with Crippen molar-refractivity contribution in [3.05, 3.63) is 35.9 Å².